The van der Waals surface area contributed by atoms with Crippen LogP contribution in [0.25, 0.3) is 0 Å². The normalized spacial score (nSPS) is 17.6. The van der Waals surface area contributed by atoms with Gasteiger partial charge in [0.15, 0.2) is 0 Å². The van der Waals surface area contributed by atoms with E-state index in [2.05, 4.69) is 0 Å². The molecule has 4 heteroatoms. The molecule has 0 aliphatic heterocycles. The third-order valence-electron chi connectivity index (χ3n) is 4.09. The topological polar surface area (TPSA) is 52.3 Å². The van der Waals surface area contributed by atoms with Crippen LogP contribution in [0.2, 0.25) is 0 Å². The minimum atomic E-state index is -0.271. The van der Waals surface area contributed by atoms with Gasteiger partial charge in [-0.1, -0.05) is 38.5 Å². The quantitative estimate of drug-likeness (QED) is 0.784. The molecule has 1 aliphatic rings. The smallest absolute Gasteiger partial charge is 0.341 e. The maximum atomic E-state index is 11.9. The van der Waals surface area contributed by atoms with Crippen molar-refractivity contribution < 1.29 is 9.53 Å². The summed E-state index contributed by atoms with van der Waals surface area (Å²) in [5.74, 6) is -0.271. The molecule has 0 aromatic carbocycles. The van der Waals surface area contributed by atoms with Gasteiger partial charge >= 0.3 is 5.97 Å². The van der Waals surface area contributed by atoms with Gasteiger partial charge in [0, 0.05) is 4.88 Å². The molecule has 20 heavy (non-hydrogen) atoms. The standard InChI is InChI=1S/C16H25NO2S/c1-19-16(18)14-12-10-8-6-4-2-3-5-7-9-11-13(12)20-15(14)17/h2-11,17H2,1H3. The van der Waals surface area contributed by atoms with E-state index in [1.54, 1.807) is 11.3 Å². The van der Waals surface area contributed by atoms with Gasteiger partial charge in [-0.25, -0.2) is 4.79 Å². The Kier molecular flexibility index (Phi) is 5.89. The molecule has 0 fully saturated rings. The first kappa shape index (κ1) is 15.4. The SMILES string of the molecule is COC(=O)c1c(N)sc2c1CCCCCCCCCC2. The lowest BCUT2D eigenvalue weighted by Crippen LogP contribution is -2.07. The molecule has 0 spiro atoms. The molecule has 0 unspecified atom stereocenters. The molecule has 0 saturated carbocycles. The highest BCUT2D eigenvalue weighted by Gasteiger charge is 2.22. The molecule has 1 aromatic rings. The third kappa shape index (κ3) is 3.75. The molecular formula is C16H25NO2S. The summed E-state index contributed by atoms with van der Waals surface area (Å²) in [6.45, 7) is 0. The van der Waals surface area contributed by atoms with Crippen LogP contribution in [0.4, 0.5) is 5.00 Å². The lowest BCUT2D eigenvalue weighted by Gasteiger charge is -2.09. The Morgan fingerprint density at radius 2 is 1.55 bits per heavy atom. The number of anilines is 1. The molecule has 1 heterocycles. The van der Waals surface area contributed by atoms with Crippen molar-refractivity contribution in [1.82, 2.24) is 0 Å². The van der Waals surface area contributed by atoms with Crippen molar-refractivity contribution in [3.63, 3.8) is 0 Å². The van der Waals surface area contributed by atoms with Gasteiger partial charge < -0.3 is 10.5 Å². The molecule has 0 radical (unpaired) electrons. The van der Waals surface area contributed by atoms with Crippen LogP contribution in [0.1, 0.15) is 72.2 Å². The van der Waals surface area contributed by atoms with E-state index in [1.165, 1.54) is 62.5 Å². The zero-order chi connectivity index (χ0) is 14.4. The number of hydrogen-bond donors (Lipinski definition) is 1. The number of fused-ring (bicyclic) bond motifs is 1. The molecule has 0 amide bonds. The van der Waals surface area contributed by atoms with E-state index >= 15 is 0 Å². The van der Waals surface area contributed by atoms with Crippen LogP contribution in [-0.2, 0) is 17.6 Å². The van der Waals surface area contributed by atoms with Gasteiger partial charge in [-0.3, -0.25) is 0 Å². The molecule has 3 nitrogen and oxygen atoms in total. The van der Waals surface area contributed by atoms with Gasteiger partial charge in [0.2, 0.25) is 0 Å². The number of nitrogen functional groups attached to an aromatic ring is 1. The first-order valence-corrected chi connectivity index (χ1v) is 8.54. The van der Waals surface area contributed by atoms with E-state index in [-0.39, 0.29) is 5.97 Å². The van der Waals surface area contributed by atoms with Crippen LogP contribution in [0, 0.1) is 0 Å². The second-order valence-electron chi connectivity index (χ2n) is 5.56. The summed E-state index contributed by atoms with van der Waals surface area (Å²) < 4.78 is 4.90. The van der Waals surface area contributed by atoms with E-state index < -0.39 is 0 Å². The average Bonchev–Trinajstić information content (AvgIpc) is 2.74. The van der Waals surface area contributed by atoms with Gasteiger partial charge in [-0.2, -0.15) is 0 Å². The summed E-state index contributed by atoms with van der Waals surface area (Å²) in [7, 11) is 1.43. The Labute approximate surface area is 125 Å². The largest absolute Gasteiger partial charge is 0.465 e. The van der Waals surface area contributed by atoms with Crippen molar-refractivity contribution >= 4 is 22.3 Å². The van der Waals surface area contributed by atoms with Gasteiger partial charge in [-0.05, 0) is 31.2 Å². The first-order chi connectivity index (χ1) is 9.74. The van der Waals surface area contributed by atoms with Gasteiger partial charge in [-0.15, -0.1) is 11.3 Å². The maximum Gasteiger partial charge on any atom is 0.341 e. The average molecular weight is 295 g/mol. The minimum absolute atomic E-state index is 0.271. The fourth-order valence-electron chi connectivity index (χ4n) is 2.97. The van der Waals surface area contributed by atoms with Crippen molar-refractivity contribution in [2.24, 2.45) is 0 Å². The molecule has 0 saturated heterocycles. The third-order valence-corrected chi connectivity index (χ3v) is 5.21. The minimum Gasteiger partial charge on any atom is -0.465 e. The predicted molar refractivity (Wildman–Crippen MR) is 84.4 cm³/mol. The van der Waals surface area contributed by atoms with Crippen LogP contribution < -0.4 is 5.73 Å². The van der Waals surface area contributed by atoms with Gasteiger partial charge in [0.05, 0.1) is 12.7 Å². The van der Waals surface area contributed by atoms with E-state index in [0.717, 1.165) is 19.3 Å². The van der Waals surface area contributed by atoms with E-state index in [9.17, 15) is 4.79 Å². The molecule has 1 aliphatic carbocycles. The number of carbonyl (C=O) groups is 1. The highest BCUT2D eigenvalue weighted by Crippen LogP contribution is 2.34. The van der Waals surface area contributed by atoms with Crippen molar-refractivity contribution in [2.45, 2.75) is 64.2 Å². The Morgan fingerprint density at radius 3 is 2.15 bits per heavy atom. The van der Waals surface area contributed by atoms with Gasteiger partial charge in [0.1, 0.15) is 5.00 Å². The Hall–Kier alpha value is -1.03. The second-order valence-corrected chi connectivity index (χ2v) is 6.70. The fourth-order valence-corrected chi connectivity index (χ4v) is 4.12. The van der Waals surface area contributed by atoms with Crippen molar-refractivity contribution in [3.8, 4) is 0 Å². The summed E-state index contributed by atoms with van der Waals surface area (Å²) in [5.41, 5.74) is 7.87. The number of nitrogens with two attached hydrogens (primary N) is 1. The summed E-state index contributed by atoms with van der Waals surface area (Å²) in [5, 5.41) is 0.636. The number of ether oxygens (including phenoxy) is 1. The first-order valence-electron chi connectivity index (χ1n) is 7.72. The highest BCUT2D eigenvalue weighted by atomic mass is 32.1. The lowest BCUT2D eigenvalue weighted by atomic mass is 9.97. The molecule has 2 rings (SSSR count). The Morgan fingerprint density at radius 1 is 1.00 bits per heavy atom. The highest BCUT2D eigenvalue weighted by molar-refractivity contribution is 7.16. The molecular weight excluding hydrogens is 270 g/mol. The summed E-state index contributed by atoms with van der Waals surface area (Å²) in [6.07, 6.45) is 12.3. The summed E-state index contributed by atoms with van der Waals surface area (Å²) in [6, 6.07) is 0. The Balaban J connectivity index is 2.22. The number of methoxy groups -OCH3 is 1. The van der Waals surface area contributed by atoms with Crippen LogP contribution >= 0.6 is 11.3 Å². The number of hydrogen-bond acceptors (Lipinski definition) is 4. The Bertz CT molecular complexity index is 454. The van der Waals surface area contributed by atoms with Crippen LogP contribution in [-0.4, -0.2) is 13.1 Å². The van der Waals surface area contributed by atoms with Crippen LogP contribution in [0.5, 0.6) is 0 Å². The second kappa shape index (κ2) is 7.67. The number of thiophene rings is 1. The van der Waals surface area contributed by atoms with E-state index in [1.807, 2.05) is 0 Å². The summed E-state index contributed by atoms with van der Waals surface area (Å²) in [4.78, 5) is 13.3. The molecule has 1 aromatic heterocycles. The fraction of sp³-hybridized carbons (Fsp3) is 0.688. The lowest BCUT2D eigenvalue weighted by molar-refractivity contribution is 0.0601. The predicted octanol–water partition coefficient (Wildman–Crippen LogP) is 4.34. The zero-order valence-corrected chi connectivity index (χ0v) is 13.2. The van der Waals surface area contributed by atoms with E-state index in [4.69, 9.17) is 10.5 Å². The van der Waals surface area contributed by atoms with Crippen molar-refractivity contribution in [1.29, 1.82) is 0 Å². The monoisotopic (exact) mass is 295 g/mol. The zero-order valence-electron chi connectivity index (χ0n) is 12.4. The van der Waals surface area contributed by atoms with Crippen LogP contribution in [0.3, 0.4) is 0 Å². The maximum absolute atomic E-state index is 11.9. The summed E-state index contributed by atoms with van der Waals surface area (Å²) >= 11 is 1.59. The van der Waals surface area contributed by atoms with Crippen molar-refractivity contribution in [3.05, 3.63) is 16.0 Å². The van der Waals surface area contributed by atoms with E-state index in [0.29, 0.717) is 10.6 Å². The van der Waals surface area contributed by atoms with Gasteiger partial charge in [0.25, 0.3) is 0 Å². The number of carbonyl (C=O) groups excluding carboxylic acids is 1. The molecule has 112 valence electrons. The number of esters is 1. The van der Waals surface area contributed by atoms with Crippen molar-refractivity contribution in [2.75, 3.05) is 12.8 Å². The number of aryl methyl sites for hydroxylation is 1. The molecule has 2 N–H and O–H groups in total. The molecule has 0 atom stereocenters. The number of rotatable bonds is 1. The van der Waals surface area contributed by atoms with Crippen LogP contribution in [0.15, 0.2) is 0 Å². The molecule has 0 bridgehead atoms.